The summed E-state index contributed by atoms with van der Waals surface area (Å²) in [5.41, 5.74) is 2.22. The second kappa shape index (κ2) is 15.0. The van der Waals surface area contributed by atoms with Crippen molar-refractivity contribution in [2.75, 3.05) is 26.7 Å². The number of rotatable bonds is 11. The van der Waals surface area contributed by atoms with Crippen LogP contribution in [0.2, 0.25) is 0 Å². The molecule has 152 valence electrons. The summed E-state index contributed by atoms with van der Waals surface area (Å²) in [6.45, 7) is 6.39. The Labute approximate surface area is 183 Å². The van der Waals surface area contributed by atoms with Gasteiger partial charge in [-0.25, -0.2) is 0 Å². The molecule has 0 aliphatic heterocycles. The van der Waals surface area contributed by atoms with Crippen LogP contribution in [0.25, 0.3) is 0 Å². The Morgan fingerprint density at radius 2 is 1.70 bits per heavy atom. The van der Waals surface area contributed by atoms with E-state index < -0.39 is 0 Å². The monoisotopic (exact) mass is 478 g/mol. The standard InChI is InChI=1S/C20H27BrN2O2.2ClH/c1-3-22-10-7-11-23-14-17-12-18(21)13-19(24-2)20(17)25-15-16-8-5-4-6-9-16;;/h4-6,8-9,12-13,22-23H,3,7,10-11,14-15H2,1-2H3;2*1H. The van der Waals surface area contributed by atoms with Gasteiger partial charge in [0.15, 0.2) is 11.5 Å². The molecule has 0 spiro atoms. The van der Waals surface area contributed by atoms with E-state index in [1.807, 2.05) is 24.3 Å². The number of ether oxygens (including phenoxy) is 2. The number of benzene rings is 2. The van der Waals surface area contributed by atoms with Crippen LogP contribution >= 0.6 is 40.7 Å². The first-order valence-electron chi connectivity index (χ1n) is 8.69. The minimum atomic E-state index is 0. The van der Waals surface area contributed by atoms with Gasteiger partial charge >= 0.3 is 0 Å². The summed E-state index contributed by atoms with van der Waals surface area (Å²) in [5, 5.41) is 6.81. The Morgan fingerprint density at radius 1 is 1.00 bits per heavy atom. The molecule has 0 heterocycles. The van der Waals surface area contributed by atoms with Crippen LogP contribution in [-0.2, 0) is 13.2 Å². The van der Waals surface area contributed by atoms with Crippen LogP contribution in [0.4, 0.5) is 0 Å². The average molecular weight is 480 g/mol. The first kappa shape index (κ1) is 26.0. The Morgan fingerprint density at radius 3 is 2.37 bits per heavy atom. The molecule has 2 aromatic carbocycles. The molecule has 0 bridgehead atoms. The minimum absolute atomic E-state index is 0. The summed E-state index contributed by atoms with van der Waals surface area (Å²) in [6, 6.07) is 14.2. The Hall–Kier alpha value is -0.980. The molecule has 2 rings (SSSR count). The topological polar surface area (TPSA) is 42.5 Å². The van der Waals surface area contributed by atoms with Gasteiger partial charge in [-0.2, -0.15) is 0 Å². The molecule has 2 aromatic rings. The number of halogens is 3. The van der Waals surface area contributed by atoms with Gasteiger partial charge in [0, 0.05) is 16.6 Å². The molecule has 0 aliphatic carbocycles. The van der Waals surface area contributed by atoms with Crippen LogP contribution in [0, 0.1) is 0 Å². The summed E-state index contributed by atoms with van der Waals surface area (Å²) < 4.78 is 12.6. The zero-order chi connectivity index (χ0) is 17.9. The van der Waals surface area contributed by atoms with Gasteiger partial charge in [-0.3, -0.25) is 0 Å². The predicted octanol–water partition coefficient (Wildman–Crippen LogP) is 4.97. The fourth-order valence-corrected chi connectivity index (χ4v) is 3.02. The predicted molar refractivity (Wildman–Crippen MR) is 121 cm³/mol. The van der Waals surface area contributed by atoms with Gasteiger partial charge in [-0.15, -0.1) is 24.8 Å². The van der Waals surface area contributed by atoms with Gasteiger partial charge in [0.2, 0.25) is 0 Å². The van der Waals surface area contributed by atoms with Crippen LogP contribution in [-0.4, -0.2) is 26.7 Å². The molecule has 0 fully saturated rings. The highest BCUT2D eigenvalue weighted by atomic mass is 79.9. The van der Waals surface area contributed by atoms with Crippen molar-refractivity contribution in [3.05, 3.63) is 58.1 Å². The van der Waals surface area contributed by atoms with E-state index in [9.17, 15) is 0 Å². The number of methoxy groups -OCH3 is 1. The summed E-state index contributed by atoms with van der Waals surface area (Å²) >= 11 is 3.55. The lowest BCUT2D eigenvalue weighted by Gasteiger charge is -2.16. The average Bonchev–Trinajstić information content (AvgIpc) is 2.64. The molecule has 0 saturated carbocycles. The molecule has 7 heteroatoms. The molecule has 0 radical (unpaired) electrons. The van der Waals surface area contributed by atoms with Crippen LogP contribution in [0.3, 0.4) is 0 Å². The van der Waals surface area contributed by atoms with Gasteiger partial charge in [-0.05, 0) is 43.8 Å². The van der Waals surface area contributed by atoms with Crippen molar-refractivity contribution in [2.45, 2.75) is 26.5 Å². The highest BCUT2D eigenvalue weighted by Crippen LogP contribution is 2.35. The summed E-state index contributed by atoms with van der Waals surface area (Å²) in [5.74, 6) is 1.54. The van der Waals surface area contributed by atoms with Crippen molar-refractivity contribution < 1.29 is 9.47 Å². The molecule has 0 unspecified atom stereocenters. The minimum Gasteiger partial charge on any atom is -0.493 e. The SMILES string of the molecule is CCNCCCNCc1cc(Br)cc(OC)c1OCc1ccccc1.Cl.Cl. The van der Waals surface area contributed by atoms with E-state index >= 15 is 0 Å². The largest absolute Gasteiger partial charge is 0.493 e. The highest BCUT2D eigenvalue weighted by Gasteiger charge is 2.13. The van der Waals surface area contributed by atoms with Gasteiger partial charge in [0.05, 0.1) is 7.11 Å². The summed E-state index contributed by atoms with van der Waals surface area (Å²) in [4.78, 5) is 0. The van der Waals surface area contributed by atoms with Crippen LogP contribution in [0.15, 0.2) is 46.9 Å². The lowest BCUT2D eigenvalue weighted by molar-refractivity contribution is 0.280. The van der Waals surface area contributed by atoms with E-state index in [2.05, 4.69) is 51.7 Å². The van der Waals surface area contributed by atoms with Crippen LogP contribution < -0.4 is 20.1 Å². The molecule has 0 saturated heterocycles. The molecular formula is C20H29BrCl2N2O2. The molecule has 0 amide bonds. The van der Waals surface area contributed by atoms with Crippen molar-refractivity contribution in [3.8, 4) is 11.5 Å². The van der Waals surface area contributed by atoms with Crippen LogP contribution in [0.5, 0.6) is 11.5 Å². The maximum atomic E-state index is 6.10. The lowest BCUT2D eigenvalue weighted by Crippen LogP contribution is -2.21. The molecule has 0 atom stereocenters. The third-order valence-electron chi connectivity index (χ3n) is 3.82. The molecule has 27 heavy (non-hydrogen) atoms. The number of hydrogen-bond donors (Lipinski definition) is 2. The fraction of sp³-hybridized carbons (Fsp3) is 0.400. The Kier molecular flexibility index (Phi) is 14.5. The summed E-state index contributed by atoms with van der Waals surface area (Å²) in [7, 11) is 1.67. The van der Waals surface area contributed by atoms with E-state index in [4.69, 9.17) is 9.47 Å². The number of nitrogens with one attached hydrogen (secondary N) is 2. The van der Waals surface area contributed by atoms with Crippen molar-refractivity contribution in [2.24, 2.45) is 0 Å². The zero-order valence-corrected chi connectivity index (χ0v) is 19.0. The molecule has 4 nitrogen and oxygen atoms in total. The Bertz CT molecular complexity index is 645. The molecular weight excluding hydrogens is 451 g/mol. The highest BCUT2D eigenvalue weighted by molar-refractivity contribution is 9.10. The third-order valence-corrected chi connectivity index (χ3v) is 4.27. The smallest absolute Gasteiger partial charge is 0.166 e. The molecule has 2 N–H and O–H groups in total. The first-order valence-corrected chi connectivity index (χ1v) is 9.48. The van der Waals surface area contributed by atoms with Crippen molar-refractivity contribution in [1.82, 2.24) is 10.6 Å². The van der Waals surface area contributed by atoms with Gasteiger partial charge < -0.3 is 20.1 Å². The van der Waals surface area contributed by atoms with E-state index in [1.54, 1.807) is 7.11 Å². The van der Waals surface area contributed by atoms with Gasteiger partial charge in [0.25, 0.3) is 0 Å². The molecule has 0 aliphatic rings. The third kappa shape index (κ3) is 9.17. The second-order valence-electron chi connectivity index (χ2n) is 5.75. The maximum absolute atomic E-state index is 6.10. The van der Waals surface area contributed by atoms with Crippen molar-refractivity contribution in [3.63, 3.8) is 0 Å². The fourth-order valence-electron chi connectivity index (χ4n) is 2.54. The van der Waals surface area contributed by atoms with Crippen molar-refractivity contribution >= 4 is 40.7 Å². The normalized spacial score (nSPS) is 9.89. The van der Waals surface area contributed by atoms with Gasteiger partial charge in [-0.1, -0.05) is 53.2 Å². The van der Waals surface area contributed by atoms with Gasteiger partial charge in [0.1, 0.15) is 6.61 Å². The first-order chi connectivity index (χ1) is 12.2. The Balaban J connectivity index is 0.00000338. The van der Waals surface area contributed by atoms with Crippen LogP contribution in [0.1, 0.15) is 24.5 Å². The van der Waals surface area contributed by atoms with Crippen molar-refractivity contribution in [1.29, 1.82) is 0 Å². The van der Waals surface area contributed by atoms with E-state index in [0.29, 0.717) is 6.61 Å². The van der Waals surface area contributed by atoms with E-state index in [1.165, 1.54) is 0 Å². The molecule has 0 aromatic heterocycles. The number of hydrogen-bond acceptors (Lipinski definition) is 4. The maximum Gasteiger partial charge on any atom is 0.166 e. The second-order valence-corrected chi connectivity index (χ2v) is 6.67. The van der Waals surface area contributed by atoms with E-state index in [0.717, 1.165) is 59.7 Å². The zero-order valence-electron chi connectivity index (χ0n) is 15.8. The lowest BCUT2D eigenvalue weighted by atomic mass is 10.1. The quantitative estimate of drug-likeness (QED) is 0.446. The summed E-state index contributed by atoms with van der Waals surface area (Å²) in [6.07, 6.45) is 1.10. The van der Waals surface area contributed by atoms with E-state index in [-0.39, 0.29) is 24.8 Å².